The summed E-state index contributed by atoms with van der Waals surface area (Å²) in [6.07, 6.45) is 2.30. The van der Waals surface area contributed by atoms with Gasteiger partial charge in [0.2, 0.25) is 0 Å². The van der Waals surface area contributed by atoms with E-state index in [1.54, 1.807) is 15.6 Å². The van der Waals surface area contributed by atoms with E-state index in [0.29, 0.717) is 18.7 Å². The Bertz CT molecular complexity index is 566. The molecular weight excluding hydrogens is 258 g/mol. The van der Waals surface area contributed by atoms with Crippen LogP contribution in [0.5, 0.6) is 0 Å². The Morgan fingerprint density at radius 2 is 2.20 bits per heavy atom. The van der Waals surface area contributed by atoms with Crippen molar-refractivity contribution in [1.29, 1.82) is 0 Å². The van der Waals surface area contributed by atoms with Gasteiger partial charge in [-0.2, -0.15) is 5.10 Å². The zero-order valence-corrected chi connectivity index (χ0v) is 11.7. The summed E-state index contributed by atoms with van der Waals surface area (Å²) in [6.45, 7) is 4.45. The van der Waals surface area contributed by atoms with Crippen LogP contribution in [-0.2, 0) is 11.3 Å². The van der Waals surface area contributed by atoms with Crippen molar-refractivity contribution in [3.8, 4) is 0 Å². The fourth-order valence-corrected chi connectivity index (χ4v) is 3.66. The van der Waals surface area contributed by atoms with Gasteiger partial charge in [-0.25, -0.2) is 0 Å². The van der Waals surface area contributed by atoms with Crippen LogP contribution in [0.25, 0.3) is 0 Å². The molecule has 0 aliphatic carbocycles. The number of hydrogen-bond acceptors (Lipinski definition) is 3. The molecule has 1 N–H and O–H groups in total. The molecule has 2 saturated heterocycles. The Morgan fingerprint density at radius 1 is 1.45 bits per heavy atom. The van der Waals surface area contributed by atoms with Gasteiger partial charge in [-0.05, 0) is 39.2 Å². The lowest BCUT2D eigenvalue weighted by molar-refractivity contribution is -0.142. The normalized spacial score (nSPS) is 28.1. The fraction of sp³-hybridized carbons (Fsp3) is 0.643. The largest absolute Gasteiger partial charge is 0.481 e. The number of aryl methyl sites for hydroxylation is 2. The van der Waals surface area contributed by atoms with Crippen LogP contribution < -0.4 is 0 Å². The van der Waals surface area contributed by atoms with Gasteiger partial charge in [-0.15, -0.1) is 0 Å². The van der Waals surface area contributed by atoms with Crippen LogP contribution in [0.15, 0.2) is 6.07 Å². The number of rotatable bonds is 3. The summed E-state index contributed by atoms with van der Waals surface area (Å²) >= 11 is 0. The molecule has 1 aromatic heterocycles. The number of nitrogens with zero attached hydrogens (tertiary/aromatic N) is 3. The number of aromatic nitrogens is 2. The average molecular weight is 277 g/mol. The maximum Gasteiger partial charge on any atom is 0.308 e. The molecule has 2 aliphatic heterocycles. The maximum absolute atomic E-state index is 12.7. The highest BCUT2D eigenvalue weighted by molar-refractivity contribution is 5.94. The smallest absolute Gasteiger partial charge is 0.308 e. The Balaban J connectivity index is 1.90. The third kappa shape index (κ3) is 1.82. The lowest BCUT2D eigenvalue weighted by Gasteiger charge is -2.23. The first-order valence-electron chi connectivity index (χ1n) is 7.12. The van der Waals surface area contributed by atoms with Crippen molar-refractivity contribution in [3.05, 3.63) is 17.5 Å². The van der Waals surface area contributed by atoms with Crippen molar-refractivity contribution in [1.82, 2.24) is 14.7 Å². The van der Waals surface area contributed by atoms with Gasteiger partial charge in [0.25, 0.3) is 5.91 Å². The molecule has 2 aliphatic rings. The minimum absolute atomic E-state index is 0.0660. The van der Waals surface area contributed by atoms with Crippen LogP contribution in [0, 0.1) is 12.8 Å². The van der Waals surface area contributed by atoms with Crippen molar-refractivity contribution in [2.45, 2.75) is 51.7 Å². The fourth-order valence-electron chi connectivity index (χ4n) is 3.66. The standard InChI is InChI=1S/C14H19N3O3/c1-3-16-12(6-8(2)15-16)13(18)17-9-4-5-11(17)10(7-9)14(19)20/h6,9-11H,3-5,7H2,1-2H3,(H,19,20). The van der Waals surface area contributed by atoms with E-state index in [4.69, 9.17) is 0 Å². The van der Waals surface area contributed by atoms with Gasteiger partial charge < -0.3 is 10.0 Å². The third-order valence-corrected chi connectivity index (χ3v) is 4.51. The quantitative estimate of drug-likeness (QED) is 0.903. The zero-order chi connectivity index (χ0) is 14.4. The molecule has 6 heteroatoms. The molecule has 1 aromatic rings. The van der Waals surface area contributed by atoms with Crippen LogP contribution in [0.4, 0.5) is 0 Å². The topological polar surface area (TPSA) is 75.4 Å². The molecule has 108 valence electrons. The molecule has 3 atom stereocenters. The van der Waals surface area contributed by atoms with Crippen LogP contribution in [0.2, 0.25) is 0 Å². The predicted octanol–water partition coefficient (Wildman–Crippen LogP) is 1.29. The first kappa shape index (κ1) is 13.1. The maximum atomic E-state index is 12.7. The molecule has 0 aromatic carbocycles. The third-order valence-electron chi connectivity index (χ3n) is 4.51. The molecule has 3 heterocycles. The molecule has 0 saturated carbocycles. The van der Waals surface area contributed by atoms with Gasteiger partial charge in [0.05, 0.1) is 11.6 Å². The van der Waals surface area contributed by atoms with Gasteiger partial charge in [-0.3, -0.25) is 14.3 Å². The van der Waals surface area contributed by atoms with Gasteiger partial charge in [-0.1, -0.05) is 0 Å². The van der Waals surface area contributed by atoms with E-state index in [-0.39, 0.29) is 18.0 Å². The predicted molar refractivity (Wildman–Crippen MR) is 71.4 cm³/mol. The van der Waals surface area contributed by atoms with Gasteiger partial charge in [0, 0.05) is 18.6 Å². The van der Waals surface area contributed by atoms with E-state index >= 15 is 0 Å². The molecule has 0 spiro atoms. The van der Waals surface area contributed by atoms with E-state index in [1.807, 2.05) is 13.8 Å². The summed E-state index contributed by atoms with van der Waals surface area (Å²) in [7, 11) is 0. The lowest BCUT2D eigenvalue weighted by Crippen LogP contribution is -2.38. The Labute approximate surface area is 117 Å². The van der Waals surface area contributed by atoms with E-state index in [0.717, 1.165) is 18.5 Å². The molecule has 1 amide bonds. The highest BCUT2D eigenvalue weighted by atomic mass is 16.4. The first-order chi connectivity index (χ1) is 9.52. The average Bonchev–Trinajstić information content (AvgIpc) is 3.09. The SMILES string of the molecule is CCn1nc(C)cc1C(=O)N1C2CCC1C(C(=O)O)C2. The van der Waals surface area contributed by atoms with Crippen LogP contribution >= 0.6 is 0 Å². The van der Waals surface area contributed by atoms with E-state index < -0.39 is 11.9 Å². The highest BCUT2D eigenvalue weighted by Crippen LogP contribution is 2.42. The monoisotopic (exact) mass is 277 g/mol. The molecular formula is C14H19N3O3. The number of fused-ring (bicyclic) bond motifs is 2. The Hall–Kier alpha value is -1.85. The molecule has 20 heavy (non-hydrogen) atoms. The Kier molecular flexibility index (Phi) is 3.03. The van der Waals surface area contributed by atoms with E-state index in [2.05, 4.69) is 5.10 Å². The van der Waals surface area contributed by atoms with Crippen molar-refractivity contribution in [2.75, 3.05) is 0 Å². The number of carbonyl (C=O) groups excluding carboxylic acids is 1. The number of carbonyl (C=O) groups is 2. The highest BCUT2D eigenvalue weighted by Gasteiger charge is 2.51. The van der Waals surface area contributed by atoms with E-state index in [1.165, 1.54) is 0 Å². The second-order valence-corrected chi connectivity index (χ2v) is 5.68. The minimum Gasteiger partial charge on any atom is -0.481 e. The number of carboxylic acid groups (broad SMARTS) is 1. The first-order valence-corrected chi connectivity index (χ1v) is 7.12. The molecule has 3 unspecified atom stereocenters. The van der Waals surface area contributed by atoms with Crippen LogP contribution in [0.1, 0.15) is 42.4 Å². The van der Waals surface area contributed by atoms with Crippen LogP contribution in [-0.4, -0.2) is 43.7 Å². The number of amides is 1. The van der Waals surface area contributed by atoms with Crippen LogP contribution in [0.3, 0.4) is 0 Å². The summed E-state index contributed by atoms with van der Waals surface area (Å²) in [5, 5.41) is 13.6. The van der Waals surface area contributed by atoms with Crippen molar-refractivity contribution in [2.24, 2.45) is 5.92 Å². The molecule has 2 bridgehead atoms. The number of carboxylic acids is 1. The molecule has 2 fully saturated rings. The van der Waals surface area contributed by atoms with Crippen molar-refractivity contribution in [3.63, 3.8) is 0 Å². The summed E-state index contributed by atoms with van der Waals surface area (Å²) in [4.78, 5) is 25.8. The summed E-state index contributed by atoms with van der Waals surface area (Å²) in [6, 6.07) is 1.72. The summed E-state index contributed by atoms with van der Waals surface area (Å²) < 4.78 is 1.70. The summed E-state index contributed by atoms with van der Waals surface area (Å²) in [5.74, 6) is -1.25. The summed E-state index contributed by atoms with van der Waals surface area (Å²) in [5.41, 5.74) is 1.39. The molecule has 3 rings (SSSR count). The number of aliphatic carboxylic acids is 1. The van der Waals surface area contributed by atoms with E-state index in [9.17, 15) is 14.7 Å². The lowest BCUT2D eigenvalue weighted by atomic mass is 9.89. The second-order valence-electron chi connectivity index (χ2n) is 5.68. The van der Waals surface area contributed by atoms with Gasteiger partial charge in [0.1, 0.15) is 5.69 Å². The van der Waals surface area contributed by atoms with Crippen molar-refractivity contribution >= 4 is 11.9 Å². The van der Waals surface area contributed by atoms with Gasteiger partial charge in [0.15, 0.2) is 0 Å². The van der Waals surface area contributed by atoms with Gasteiger partial charge >= 0.3 is 5.97 Å². The zero-order valence-electron chi connectivity index (χ0n) is 11.7. The Morgan fingerprint density at radius 3 is 2.80 bits per heavy atom. The molecule has 6 nitrogen and oxygen atoms in total. The number of hydrogen-bond donors (Lipinski definition) is 1. The second kappa shape index (κ2) is 4.61. The minimum atomic E-state index is -0.782. The molecule has 0 radical (unpaired) electrons. The van der Waals surface area contributed by atoms with Crippen molar-refractivity contribution < 1.29 is 14.7 Å².